The Hall–Kier alpha value is -2.42. The van der Waals surface area contributed by atoms with Crippen molar-refractivity contribution in [3.8, 4) is 5.69 Å². The Labute approximate surface area is 193 Å². The van der Waals surface area contributed by atoms with Gasteiger partial charge in [-0.2, -0.15) is 0 Å². The van der Waals surface area contributed by atoms with Crippen molar-refractivity contribution in [2.45, 2.75) is 24.9 Å². The molecule has 10 heteroatoms. The van der Waals surface area contributed by atoms with E-state index in [0.29, 0.717) is 51.7 Å². The number of hydrogen-bond acceptors (Lipinski definition) is 5. The molecule has 0 atom stereocenters. The van der Waals surface area contributed by atoms with E-state index in [1.807, 2.05) is 0 Å². The van der Waals surface area contributed by atoms with Crippen molar-refractivity contribution in [1.29, 1.82) is 0 Å². The molecule has 3 rings (SSSR count). The number of amides is 1. The Morgan fingerprint density at radius 3 is 2.42 bits per heavy atom. The van der Waals surface area contributed by atoms with Crippen LogP contribution in [-0.2, 0) is 11.2 Å². The number of aromatic nitrogens is 3. The number of ketones is 1. The third kappa shape index (κ3) is 6.53. The lowest BCUT2D eigenvalue weighted by molar-refractivity contribution is -0.118. The van der Waals surface area contributed by atoms with Crippen LogP contribution in [0, 0.1) is 5.82 Å². The minimum absolute atomic E-state index is 0.0985. The predicted molar refractivity (Wildman–Crippen MR) is 120 cm³/mol. The molecular formula is C21H19Cl2FN4O2S. The third-order valence-corrected chi connectivity index (χ3v) is 5.62. The monoisotopic (exact) mass is 480 g/mol. The van der Waals surface area contributed by atoms with E-state index in [1.54, 1.807) is 22.8 Å². The van der Waals surface area contributed by atoms with E-state index in [2.05, 4.69) is 15.5 Å². The van der Waals surface area contributed by atoms with Crippen LogP contribution in [0.25, 0.3) is 5.69 Å². The summed E-state index contributed by atoms with van der Waals surface area (Å²) in [5, 5.41) is 12.7. The van der Waals surface area contributed by atoms with Gasteiger partial charge in [-0.05, 0) is 48.9 Å². The molecule has 0 radical (unpaired) electrons. The molecule has 162 valence electrons. The summed E-state index contributed by atoms with van der Waals surface area (Å²) in [6.45, 7) is 1.97. The lowest BCUT2D eigenvalue weighted by atomic mass is 10.1. The summed E-state index contributed by atoms with van der Waals surface area (Å²) >= 11 is 13.6. The fourth-order valence-corrected chi connectivity index (χ4v) is 4.22. The number of halogens is 3. The molecule has 1 aromatic heterocycles. The van der Waals surface area contributed by atoms with E-state index in [1.165, 1.54) is 43.0 Å². The van der Waals surface area contributed by atoms with Crippen LogP contribution >= 0.6 is 35.0 Å². The smallest absolute Gasteiger partial charge is 0.216 e. The highest BCUT2D eigenvalue weighted by atomic mass is 35.5. The average molecular weight is 481 g/mol. The second-order valence-electron chi connectivity index (χ2n) is 6.67. The molecular weight excluding hydrogens is 462 g/mol. The van der Waals surface area contributed by atoms with E-state index in [0.717, 1.165) is 0 Å². The maximum atomic E-state index is 13.1. The van der Waals surface area contributed by atoms with Crippen molar-refractivity contribution in [3.05, 3.63) is 69.7 Å². The second-order valence-corrected chi connectivity index (χ2v) is 8.48. The zero-order chi connectivity index (χ0) is 22.4. The van der Waals surface area contributed by atoms with Gasteiger partial charge < -0.3 is 5.32 Å². The minimum atomic E-state index is -0.398. The Kier molecular flexibility index (Phi) is 8.06. The number of thioether (sulfide) groups is 1. The van der Waals surface area contributed by atoms with Gasteiger partial charge in [-0.15, -0.1) is 10.2 Å². The van der Waals surface area contributed by atoms with E-state index in [-0.39, 0.29) is 17.4 Å². The molecule has 0 bridgehead atoms. The summed E-state index contributed by atoms with van der Waals surface area (Å²) in [6, 6.07) is 10.5. The van der Waals surface area contributed by atoms with Gasteiger partial charge in [-0.1, -0.05) is 35.0 Å². The van der Waals surface area contributed by atoms with Gasteiger partial charge in [0, 0.05) is 35.5 Å². The van der Waals surface area contributed by atoms with Crippen LogP contribution in [0.5, 0.6) is 0 Å². The quantitative estimate of drug-likeness (QED) is 0.271. The van der Waals surface area contributed by atoms with Crippen LogP contribution in [0.15, 0.2) is 47.6 Å². The summed E-state index contributed by atoms with van der Waals surface area (Å²) in [4.78, 5) is 23.6. The van der Waals surface area contributed by atoms with Crippen molar-refractivity contribution in [1.82, 2.24) is 20.1 Å². The summed E-state index contributed by atoms with van der Waals surface area (Å²) < 4.78 is 14.9. The fraction of sp³-hybridized carbons (Fsp3) is 0.238. The van der Waals surface area contributed by atoms with Crippen molar-refractivity contribution in [2.24, 2.45) is 0 Å². The molecule has 0 spiro atoms. The van der Waals surface area contributed by atoms with E-state index in [9.17, 15) is 14.0 Å². The lowest BCUT2D eigenvalue weighted by Crippen LogP contribution is -2.21. The van der Waals surface area contributed by atoms with Gasteiger partial charge in [-0.25, -0.2) is 4.39 Å². The molecule has 0 aliphatic rings. The Bertz CT molecular complexity index is 1070. The number of nitrogens with zero attached hydrogens (tertiary/aromatic N) is 3. The van der Waals surface area contributed by atoms with E-state index < -0.39 is 5.82 Å². The molecule has 0 unspecified atom stereocenters. The number of nitrogens with one attached hydrogen (secondary N) is 1. The highest BCUT2D eigenvalue weighted by Crippen LogP contribution is 2.28. The summed E-state index contributed by atoms with van der Waals surface area (Å²) in [6.07, 6.45) is 1.20. The van der Waals surface area contributed by atoms with Gasteiger partial charge in [-0.3, -0.25) is 14.2 Å². The lowest BCUT2D eigenvalue weighted by Gasteiger charge is -2.11. The zero-order valence-electron chi connectivity index (χ0n) is 16.6. The van der Waals surface area contributed by atoms with Gasteiger partial charge in [0.25, 0.3) is 0 Å². The number of benzene rings is 2. The topological polar surface area (TPSA) is 76.9 Å². The molecule has 1 N–H and O–H groups in total. The highest BCUT2D eigenvalue weighted by Gasteiger charge is 2.17. The largest absolute Gasteiger partial charge is 0.356 e. The van der Waals surface area contributed by atoms with Gasteiger partial charge in [0.05, 0.1) is 11.4 Å². The van der Waals surface area contributed by atoms with Gasteiger partial charge in [0.15, 0.2) is 10.9 Å². The first-order chi connectivity index (χ1) is 14.8. The van der Waals surface area contributed by atoms with E-state index >= 15 is 0 Å². The molecule has 1 amide bonds. The first-order valence-electron chi connectivity index (χ1n) is 9.40. The maximum Gasteiger partial charge on any atom is 0.216 e. The molecule has 6 nitrogen and oxygen atoms in total. The van der Waals surface area contributed by atoms with Crippen molar-refractivity contribution in [3.63, 3.8) is 0 Å². The van der Waals surface area contributed by atoms with Crippen LogP contribution in [0.4, 0.5) is 4.39 Å². The maximum absolute atomic E-state index is 13.1. The van der Waals surface area contributed by atoms with Crippen LogP contribution in [0.2, 0.25) is 10.0 Å². The van der Waals surface area contributed by atoms with Gasteiger partial charge >= 0.3 is 0 Å². The fourth-order valence-electron chi connectivity index (χ4n) is 2.84. The molecule has 0 fully saturated rings. The SMILES string of the molecule is CC(=O)NCCCc1nnc(SCC(=O)c2ccc(F)cc2)n1-c1cc(Cl)cc(Cl)c1. The standard InChI is InChI=1S/C21H19Cl2FN4O2S/c1-13(29)25-8-2-3-20-26-27-21(28(20)18-10-15(22)9-16(23)11-18)31-12-19(30)14-4-6-17(24)7-5-14/h4-7,9-11H,2-3,8,12H2,1H3,(H,25,29). The first-order valence-corrected chi connectivity index (χ1v) is 11.1. The second kappa shape index (κ2) is 10.7. The summed E-state index contributed by atoms with van der Waals surface area (Å²) in [5.41, 5.74) is 1.09. The van der Waals surface area contributed by atoms with Crippen LogP contribution in [0.3, 0.4) is 0 Å². The van der Waals surface area contributed by atoms with Crippen molar-refractivity contribution < 1.29 is 14.0 Å². The third-order valence-electron chi connectivity index (χ3n) is 4.26. The van der Waals surface area contributed by atoms with Gasteiger partial charge in [0.2, 0.25) is 5.91 Å². The number of carbonyl (C=O) groups is 2. The Balaban J connectivity index is 1.82. The number of carbonyl (C=O) groups excluding carboxylic acids is 2. The summed E-state index contributed by atoms with van der Waals surface area (Å²) in [7, 11) is 0. The molecule has 1 heterocycles. The minimum Gasteiger partial charge on any atom is -0.356 e. The predicted octanol–water partition coefficient (Wildman–Crippen LogP) is 4.76. The van der Waals surface area contributed by atoms with Crippen molar-refractivity contribution >= 4 is 46.7 Å². The Morgan fingerprint density at radius 1 is 1.10 bits per heavy atom. The van der Waals surface area contributed by atoms with Crippen LogP contribution in [0.1, 0.15) is 29.5 Å². The number of aryl methyl sites for hydroxylation is 1. The average Bonchev–Trinajstić information content (AvgIpc) is 3.12. The van der Waals surface area contributed by atoms with Gasteiger partial charge in [0.1, 0.15) is 11.6 Å². The molecule has 3 aromatic rings. The number of rotatable bonds is 9. The molecule has 0 saturated heterocycles. The van der Waals surface area contributed by atoms with Crippen LogP contribution in [-0.4, -0.2) is 38.8 Å². The molecule has 0 aliphatic heterocycles. The van der Waals surface area contributed by atoms with Crippen molar-refractivity contribution in [2.75, 3.05) is 12.3 Å². The van der Waals surface area contributed by atoms with Crippen LogP contribution < -0.4 is 5.32 Å². The zero-order valence-corrected chi connectivity index (χ0v) is 18.9. The molecule has 0 aliphatic carbocycles. The summed E-state index contributed by atoms with van der Waals surface area (Å²) in [5.74, 6) is 0.102. The molecule has 0 saturated carbocycles. The molecule has 31 heavy (non-hydrogen) atoms. The first kappa shape index (κ1) is 23.2. The number of hydrogen-bond donors (Lipinski definition) is 1. The highest BCUT2D eigenvalue weighted by molar-refractivity contribution is 7.99. The normalized spacial score (nSPS) is 10.8. The number of Topliss-reactive ketones (excluding diaryl/α,β-unsaturated/α-hetero) is 1. The van der Waals surface area contributed by atoms with E-state index in [4.69, 9.17) is 23.2 Å². The molecule has 2 aromatic carbocycles. The Morgan fingerprint density at radius 2 is 1.77 bits per heavy atom.